The third-order valence-corrected chi connectivity index (χ3v) is 5.89. The van der Waals surface area contributed by atoms with Crippen LogP contribution >= 0.6 is 0 Å². The number of benzene rings is 1. The molecule has 0 saturated carbocycles. The first kappa shape index (κ1) is 19.7. The Morgan fingerprint density at radius 3 is 2.55 bits per heavy atom. The molecule has 6 heteroatoms. The summed E-state index contributed by atoms with van der Waals surface area (Å²) < 4.78 is 7.75. The van der Waals surface area contributed by atoms with Crippen molar-refractivity contribution in [2.24, 2.45) is 0 Å². The highest BCUT2D eigenvalue weighted by Gasteiger charge is 2.23. The normalized spacial score (nSPS) is 16.0. The summed E-state index contributed by atoms with van der Waals surface area (Å²) >= 11 is 0. The topological polar surface area (TPSA) is 59.0 Å². The van der Waals surface area contributed by atoms with Gasteiger partial charge in [0.05, 0.1) is 18.0 Å². The first-order valence-corrected chi connectivity index (χ1v) is 10.4. The summed E-state index contributed by atoms with van der Waals surface area (Å²) in [6.45, 7) is 5.81. The number of piperidine rings is 1. The van der Waals surface area contributed by atoms with Crippen molar-refractivity contribution in [1.82, 2.24) is 19.2 Å². The summed E-state index contributed by atoms with van der Waals surface area (Å²) in [5, 5.41) is 0. The Morgan fingerprint density at radius 2 is 1.86 bits per heavy atom. The number of nitrogens with two attached hydrogens (primary N) is 1. The summed E-state index contributed by atoms with van der Waals surface area (Å²) in [5.41, 5.74) is 11.1. The molecule has 0 atom stereocenters. The summed E-state index contributed by atoms with van der Waals surface area (Å²) in [5.74, 6) is 0.884. The van der Waals surface area contributed by atoms with Gasteiger partial charge in [0.2, 0.25) is 0 Å². The van der Waals surface area contributed by atoms with Crippen LogP contribution in [0.4, 0.5) is 5.69 Å². The molecule has 1 aliphatic heterocycles. The highest BCUT2D eigenvalue weighted by molar-refractivity contribution is 5.68. The van der Waals surface area contributed by atoms with Crippen molar-refractivity contribution in [3.63, 3.8) is 0 Å². The van der Waals surface area contributed by atoms with Crippen molar-refractivity contribution >= 4 is 11.3 Å². The van der Waals surface area contributed by atoms with E-state index in [4.69, 9.17) is 15.5 Å². The highest BCUT2D eigenvalue weighted by Crippen LogP contribution is 2.29. The van der Waals surface area contributed by atoms with E-state index >= 15 is 0 Å². The molecule has 0 amide bonds. The standard InChI is InChI=1S/C23H31N5O/c1-4-29-20-8-5-17(6-9-20)23-21(28-15-18(24)7-10-22(28)25-23)16-27(3)19-11-13-26(2)14-12-19/h5-10,15,19H,4,11-14,16,24H2,1-3H3. The first-order chi connectivity index (χ1) is 14.0. The molecule has 4 rings (SSSR count). The molecule has 2 aromatic heterocycles. The van der Waals surface area contributed by atoms with Gasteiger partial charge in [-0.15, -0.1) is 0 Å². The van der Waals surface area contributed by atoms with Gasteiger partial charge in [0, 0.05) is 30.0 Å². The summed E-state index contributed by atoms with van der Waals surface area (Å²) in [6, 6.07) is 12.7. The first-order valence-electron chi connectivity index (χ1n) is 10.4. The zero-order valence-electron chi connectivity index (χ0n) is 17.6. The van der Waals surface area contributed by atoms with Crippen LogP contribution < -0.4 is 10.5 Å². The van der Waals surface area contributed by atoms with Crippen molar-refractivity contribution in [3.8, 4) is 17.0 Å². The third-order valence-electron chi connectivity index (χ3n) is 5.89. The number of nitrogen functional groups attached to an aromatic ring is 1. The van der Waals surface area contributed by atoms with Gasteiger partial charge in [-0.25, -0.2) is 4.98 Å². The number of pyridine rings is 1. The van der Waals surface area contributed by atoms with Crippen LogP contribution in [0.1, 0.15) is 25.5 Å². The number of imidazole rings is 1. The lowest BCUT2D eigenvalue weighted by atomic mass is 10.0. The molecular weight excluding hydrogens is 362 g/mol. The molecule has 1 aromatic carbocycles. The zero-order valence-corrected chi connectivity index (χ0v) is 17.6. The summed E-state index contributed by atoms with van der Waals surface area (Å²) in [4.78, 5) is 9.82. The van der Waals surface area contributed by atoms with E-state index in [1.54, 1.807) is 0 Å². The number of anilines is 1. The van der Waals surface area contributed by atoms with Crippen molar-refractivity contribution < 1.29 is 4.74 Å². The van der Waals surface area contributed by atoms with E-state index in [-0.39, 0.29) is 0 Å². The van der Waals surface area contributed by atoms with Crippen LogP contribution in [0.5, 0.6) is 5.75 Å². The van der Waals surface area contributed by atoms with E-state index in [9.17, 15) is 0 Å². The minimum absolute atomic E-state index is 0.589. The molecule has 0 spiro atoms. The fraction of sp³-hybridized carbons (Fsp3) is 0.435. The molecule has 1 saturated heterocycles. The monoisotopic (exact) mass is 393 g/mol. The minimum atomic E-state index is 0.589. The van der Waals surface area contributed by atoms with E-state index in [0.29, 0.717) is 12.6 Å². The number of hydrogen-bond donors (Lipinski definition) is 1. The maximum Gasteiger partial charge on any atom is 0.137 e. The van der Waals surface area contributed by atoms with E-state index in [1.165, 1.54) is 18.5 Å². The maximum absolute atomic E-state index is 6.10. The van der Waals surface area contributed by atoms with E-state index in [0.717, 1.165) is 48.0 Å². The lowest BCUT2D eigenvalue weighted by Crippen LogP contribution is -2.41. The number of rotatable bonds is 6. The van der Waals surface area contributed by atoms with Crippen molar-refractivity contribution in [2.45, 2.75) is 32.4 Å². The Hall–Kier alpha value is -2.57. The SMILES string of the molecule is CCOc1ccc(-c2nc3ccc(N)cn3c2CN(C)C2CCN(C)CC2)cc1. The van der Waals surface area contributed by atoms with E-state index < -0.39 is 0 Å². The second-order valence-corrected chi connectivity index (χ2v) is 8.00. The van der Waals surface area contributed by atoms with Crippen molar-refractivity contribution in [3.05, 3.63) is 48.3 Å². The van der Waals surface area contributed by atoms with Gasteiger partial charge in [0.25, 0.3) is 0 Å². The Labute approximate surface area is 172 Å². The van der Waals surface area contributed by atoms with Gasteiger partial charge in [-0.05, 0) is 83.3 Å². The average molecular weight is 394 g/mol. The Bertz CT molecular complexity index is 957. The fourth-order valence-electron chi connectivity index (χ4n) is 4.17. The number of ether oxygens (including phenoxy) is 1. The van der Waals surface area contributed by atoms with Gasteiger partial charge in [-0.2, -0.15) is 0 Å². The molecule has 1 fully saturated rings. The van der Waals surface area contributed by atoms with Crippen LogP contribution in [0, 0.1) is 0 Å². The lowest BCUT2D eigenvalue weighted by molar-refractivity contribution is 0.138. The number of hydrogen-bond acceptors (Lipinski definition) is 5. The predicted octanol–water partition coefficient (Wildman–Crippen LogP) is 3.51. The zero-order chi connectivity index (χ0) is 20.4. The fourth-order valence-corrected chi connectivity index (χ4v) is 4.17. The predicted molar refractivity (Wildman–Crippen MR) is 118 cm³/mol. The molecule has 1 aliphatic rings. The molecular formula is C23H31N5O. The van der Waals surface area contributed by atoms with Gasteiger partial charge in [0.15, 0.2) is 0 Å². The number of likely N-dealkylation sites (tertiary alicyclic amines) is 1. The van der Waals surface area contributed by atoms with Gasteiger partial charge >= 0.3 is 0 Å². The molecule has 0 radical (unpaired) electrons. The minimum Gasteiger partial charge on any atom is -0.494 e. The molecule has 0 aliphatic carbocycles. The Kier molecular flexibility index (Phi) is 5.74. The van der Waals surface area contributed by atoms with E-state index in [1.807, 2.05) is 37.4 Å². The van der Waals surface area contributed by atoms with Gasteiger partial charge in [-0.3, -0.25) is 4.90 Å². The largest absolute Gasteiger partial charge is 0.494 e. The van der Waals surface area contributed by atoms with Crippen LogP contribution in [0.25, 0.3) is 16.9 Å². The molecule has 154 valence electrons. The van der Waals surface area contributed by atoms with Crippen LogP contribution in [0.2, 0.25) is 0 Å². The Morgan fingerprint density at radius 1 is 1.14 bits per heavy atom. The molecule has 3 heterocycles. The maximum atomic E-state index is 6.10. The van der Waals surface area contributed by atoms with Crippen LogP contribution in [-0.2, 0) is 6.54 Å². The van der Waals surface area contributed by atoms with Gasteiger partial charge in [-0.1, -0.05) is 0 Å². The molecule has 0 unspecified atom stereocenters. The van der Waals surface area contributed by atoms with Crippen LogP contribution in [-0.4, -0.2) is 59.0 Å². The number of nitrogens with zero attached hydrogens (tertiary/aromatic N) is 4. The number of fused-ring (bicyclic) bond motifs is 1. The average Bonchev–Trinajstić information content (AvgIpc) is 3.07. The molecule has 3 aromatic rings. The third kappa shape index (κ3) is 4.23. The number of aromatic nitrogens is 2. The molecule has 29 heavy (non-hydrogen) atoms. The molecule has 2 N–H and O–H groups in total. The van der Waals surface area contributed by atoms with Gasteiger partial charge in [0.1, 0.15) is 11.4 Å². The lowest BCUT2D eigenvalue weighted by Gasteiger charge is -2.35. The van der Waals surface area contributed by atoms with Crippen LogP contribution in [0.3, 0.4) is 0 Å². The summed E-state index contributed by atoms with van der Waals surface area (Å²) in [7, 11) is 4.43. The van der Waals surface area contributed by atoms with E-state index in [2.05, 4.69) is 40.4 Å². The highest BCUT2D eigenvalue weighted by atomic mass is 16.5. The van der Waals surface area contributed by atoms with Crippen LogP contribution in [0.15, 0.2) is 42.6 Å². The second-order valence-electron chi connectivity index (χ2n) is 8.00. The molecule has 0 bridgehead atoms. The smallest absolute Gasteiger partial charge is 0.137 e. The second kappa shape index (κ2) is 8.43. The molecule has 6 nitrogen and oxygen atoms in total. The van der Waals surface area contributed by atoms with Gasteiger partial charge < -0.3 is 19.8 Å². The van der Waals surface area contributed by atoms with Crippen molar-refractivity contribution in [1.29, 1.82) is 0 Å². The quantitative estimate of drug-likeness (QED) is 0.694. The van der Waals surface area contributed by atoms with Crippen molar-refractivity contribution in [2.75, 3.05) is 39.5 Å². The Balaban J connectivity index is 1.68. The summed E-state index contributed by atoms with van der Waals surface area (Å²) in [6.07, 6.45) is 4.38.